The number of primary amides is 1. The summed E-state index contributed by atoms with van der Waals surface area (Å²) in [7, 11) is 1.75. The molecule has 2 aromatic rings. The molecule has 1 atom stereocenters. The number of rotatable bonds is 7. The molecule has 1 aromatic heterocycles. The smallest absolute Gasteiger partial charge is 0.408 e. The highest BCUT2D eigenvalue weighted by atomic mass is 16.6. The minimum Gasteiger partial charge on any atom is -0.444 e. The van der Waals surface area contributed by atoms with Crippen LogP contribution in [0.15, 0.2) is 36.5 Å². The number of aromatic nitrogens is 1. The Morgan fingerprint density at radius 1 is 1.10 bits per heavy atom. The largest absolute Gasteiger partial charge is 0.444 e. The van der Waals surface area contributed by atoms with Crippen molar-refractivity contribution in [2.45, 2.75) is 83.0 Å². The van der Waals surface area contributed by atoms with Gasteiger partial charge in [0.1, 0.15) is 22.9 Å². The average molecular weight is 536 g/mol. The molecule has 2 heterocycles. The fraction of sp³-hybridized carbons (Fsp3) is 0.483. The number of carbonyl (C=O) groups excluding carboxylic acids is 4. The van der Waals surface area contributed by atoms with Crippen molar-refractivity contribution in [3.63, 3.8) is 0 Å². The predicted octanol–water partition coefficient (Wildman–Crippen LogP) is 3.07. The molecule has 1 aliphatic carbocycles. The number of hydrogen-bond acceptors (Lipinski definition) is 6. The first-order valence-corrected chi connectivity index (χ1v) is 13.3. The molecule has 0 bridgehead atoms. The molecule has 1 aromatic carbocycles. The Hall–Kier alpha value is -3.95. The SMILES string of the molecule is CN1Cc2cc(-c3ccc(CC(NC(=O)C4(NC(=O)OC(C)(C)C)CCCCC4)C(N)=O)cc3)cnc2C1=O. The molecule has 0 spiro atoms. The van der Waals surface area contributed by atoms with Gasteiger partial charge in [-0.2, -0.15) is 0 Å². The highest BCUT2D eigenvalue weighted by Gasteiger charge is 2.43. The Kier molecular flexibility index (Phi) is 7.94. The molecule has 10 heteroatoms. The van der Waals surface area contributed by atoms with E-state index >= 15 is 0 Å². The van der Waals surface area contributed by atoms with E-state index in [0.29, 0.717) is 25.1 Å². The number of nitrogens with one attached hydrogen (secondary N) is 2. The fourth-order valence-corrected chi connectivity index (χ4v) is 5.14. The van der Waals surface area contributed by atoms with Crippen LogP contribution in [0.5, 0.6) is 0 Å². The van der Waals surface area contributed by atoms with Gasteiger partial charge in [-0.3, -0.25) is 19.4 Å². The summed E-state index contributed by atoms with van der Waals surface area (Å²) in [5.74, 6) is -1.17. The van der Waals surface area contributed by atoms with Crippen molar-refractivity contribution in [1.29, 1.82) is 0 Å². The molecule has 1 saturated carbocycles. The number of ether oxygens (including phenoxy) is 1. The summed E-state index contributed by atoms with van der Waals surface area (Å²) in [4.78, 5) is 56.5. The van der Waals surface area contributed by atoms with Crippen molar-refractivity contribution in [3.8, 4) is 11.1 Å². The van der Waals surface area contributed by atoms with E-state index < -0.39 is 35.1 Å². The minimum absolute atomic E-state index is 0.0808. The topological polar surface area (TPSA) is 144 Å². The number of alkyl carbamates (subject to hydrolysis) is 1. The lowest BCUT2D eigenvalue weighted by Gasteiger charge is -2.37. The van der Waals surface area contributed by atoms with Crippen LogP contribution in [0.25, 0.3) is 11.1 Å². The molecule has 4 N–H and O–H groups in total. The third-order valence-electron chi connectivity index (χ3n) is 7.18. The summed E-state index contributed by atoms with van der Waals surface area (Å²) in [5, 5.41) is 5.59. The van der Waals surface area contributed by atoms with Crippen LogP contribution < -0.4 is 16.4 Å². The molecule has 2 aliphatic rings. The second kappa shape index (κ2) is 11.0. The summed E-state index contributed by atoms with van der Waals surface area (Å²) in [5.41, 5.74) is 7.79. The maximum Gasteiger partial charge on any atom is 0.408 e. The van der Waals surface area contributed by atoms with Crippen LogP contribution in [-0.4, -0.2) is 57.9 Å². The van der Waals surface area contributed by atoms with Gasteiger partial charge in [-0.15, -0.1) is 0 Å². The molecular formula is C29H37N5O5. The van der Waals surface area contributed by atoms with Crippen molar-refractivity contribution >= 4 is 23.8 Å². The van der Waals surface area contributed by atoms with E-state index in [1.54, 1.807) is 38.9 Å². The Bertz CT molecular complexity index is 1260. The standard InChI is InChI=1S/C29H37N5O5/c1-28(2,3)39-27(38)33-29(12-6-5-7-13-29)26(37)32-22(24(30)35)14-18-8-10-19(11-9-18)20-15-21-17-34(4)25(36)23(21)31-16-20/h8-11,15-16,22H,5-7,12-14,17H2,1-4H3,(H2,30,35)(H,32,37)(H,33,38). The van der Waals surface area contributed by atoms with Crippen molar-refractivity contribution in [2.24, 2.45) is 5.73 Å². The van der Waals surface area contributed by atoms with E-state index in [1.165, 1.54) is 0 Å². The van der Waals surface area contributed by atoms with E-state index in [-0.39, 0.29) is 12.3 Å². The van der Waals surface area contributed by atoms with Gasteiger partial charge >= 0.3 is 6.09 Å². The molecule has 10 nitrogen and oxygen atoms in total. The normalized spacial score (nSPS) is 17.2. The second-order valence-corrected chi connectivity index (χ2v) is 11.5. The molecule has 4 rings (SSSR count). The lowest BCUT2D eigenvalue weighted by atomic mass is 9.80. The number of fused-ring (bicyclic) bond motifs is 1. The molecular weight excluding hydrogens is 498 g/mol. The summed E-state index contributed by atoms with van der Waals surface area (Å²) in [6.45, 7) is 5.80. The van der Waals surface area contributed by atoms with Crippen LogP contribution in [0.2, 0.25) is 0 Å². The molecule has 0 radical (unpaired) electrons. The Labute approximate surface area is 228 Å². The highest BCUT2D eigenvalue weighted by molar-refractivity contribution is 5.96. The molecule has 1 aliphatic heterocycles. The lowest BCUT2D eigenvalue weighted by molar-refractivity contribution is -0.133. The van der Waals surface area contributed by atoms with Gasteiger partial charge in [-0.1, -0.05) is 43.5 Å². The summed E-state index contributed by atoms with van der Waals surface area (Å²) < 4.78 is 5.40. The summed E-state index contributed by atoms with van der Waals surface area (Å²) in [6, 6.07) is 8.57. The van der Waals surface area contributed by atoms with Crippen molar-refractivity contribution in [2.75, 3.05) is 7.05 Å². The maximum atomic E-state index is 13.5. The molecule has 1 unspecified atom stereocenters. The van der Waals surface area contributed by atoms with E-state index in [2.05, 4.69) is 15.6 Å². The first-order valence-electron chi connectivity index (χ1n) is 13.3. The first-order chi connectivity index (χ1) is 18.4. The predicted molar refractivity (Wildman–Crippen MR) is 145 cm³/mol. The van der Waals surface area contributed by atoms with Gasteiger partial charge in [0.05, 0.1) is 0 Å². The third kappa shape index (κ3) is 6.55. The molecule has 4 amide bonds. The van der Waals surface area contributed by atoms with Gasteiger partial charge < -0.3 is 26.0 Å². The molecule has 0 saturated heterocycles. The Morgan fingerprint density at radius 3 is 2.38 bits per heavy atom. The first kappa shape index (κ1) is 28.1. The zero-order chi connectivity index (χ0) is 28.4. The van der Waals surface area contributed by atoms with Crippen LogP contribution in [-0.2, 0) is 27.3 Å². The number of nitrogens with two attached hydrogens (primary N) is 1. The number of hydrogen-bond donors (Lipinski definition) is 3. The number of nitrogens with zero attached hydrogens (tertiary/aromatic N) is 2. The number of benzene rings is 1. The number of amides is 4. The number of carbonyl (C=O) groups is 4. The zero-order valence-electron chi connectivity index (χ0n) is 23.0. The summed E-state index contributed by atoms with van der Waals surface area (Å²) >= 11 is 0. The van der Waals surface area contributed by atoms with Crippen LogP contribution in [0.1, 0.15) is 74.5 Å². The maximum absolute atomic E-state index is 13.5. The van der Waals surface area contributed by atoms with Gasteiger partial charge in [0.2, 0.25) is 11.8 Å². The minimum atomic E-state index is -1.16. The van der Waals surface area contributed by atoms with Crippen molar-refractivity contribution in [3.05, 3.63) is 53.3 Å². The van der Waals surface area contributed by atoms with Crippen LogP contribution >= 0.6 is 0 Å². The van der Waals surface area contributed by atoms with Gasteiger partial charge in [0.25, 0.3) is 5.91 Å². The summed E-state index contributed by atoms with van der Waals surface area (Å²) in [6.07, 6.45) is 4.63. The number of pyridine rings is 1. The van der Waals surface area contributed by atoms with E-state index in [4.69, 9.17) is 10.5 Å². The van der Waals surface area contributed by atoms with Crippen molar-refractivity contribution in [1.82, 2.24) is 20.5 Å². The average Bonchev–Trinajstić information content (AvgIpc) is 3.15. The fourth-order valence-electron chi connectivity index (χ4n) is 5.14. The van der Waals surface area contributed by atoms with Gasteiger partial charge in [-0.05, 0) is 50.8 Å². The van der Waals surface area contributed by atoms with Gasteiger partial charge in [0.15, 0.2) is 0 Å². The van der Waals surface area contributed by atoms with E-state index in [0.717, 1.165) is 41.5 Å². The van der Waals surface area contributed by atoms with Gasteiger partial charge in [0, 0.05) is 37.3 Å². The van der Waals surface area contributed by atoms with E-state index in [9.17, 15) is 19.2 Å². The van der Waals surface area contributed by atoms with Crippen LogP contribution in [0.4, 0.5) is 4.79 Å². The molecule has 1 fully saturated rings. The molecule has 39 heavy (non-hydrogen) atoms. The third-order valence-corrected chi connectivity index (χ3v) is 7.18. The van der Waals surface area contributed by atoms with E-state index in [1.807, 2.05) is 30.3 Å². The van der Waals surface area contributed by atoms with Crippen LogP contribution in [0.3, 0.4) is 0 Å². The molecule has 208 valence electrons. The Balaban J connectivity index is 1.46. The lowest BCUT2D eigenvalue weighted by Crippen LogP contribution is -2.63. The highest BCUT2D eigenvalue weighted by Crippen LogP contribution is 2.30. The van der Waals surface area contributed by atoms with Gasteiger partial charge in [-0.25, -0.2) is 4.79 Å². The van der Waals surface area contributed by atoms with Crippen molar-refractivity contribution < 1.29 is 23.9 Å². The second-order valence-electron chi connectivity index (χ2n) is 11.5. The van der Waals surface area contributed by atoms with Crippen LogP contribution in [0, 0.1) is 0 Å². The zero-order valence-corrected chi connectivity index (χ0v) is 23.0. The Morgan fingerprint density at radius 2 is 1.77 bits per heavy atom. The quantitative estimate of drug-likeness (QED) is 0.497. The monoisotopic (exact) mass is 535 g/mol.